The minimum atomic E-state index is 0.226. The number of hydrogen-bond donors (Lipinski definition) is 1. The Morgan fingerprint density at radius 3 is 3.07 bits per heavy atom. The van der Waals surface area contributed by atoms with E-state index in [1.54, 1.807) is 6.26 Å². The van der Waals surface area contributed by atoms with Gasteiger partial charge < -0.3 is 9.73 Å². The maximum absolute atomic E-state index is 5.81. The summed E-state index contributed by atoms with van der Waals surface area (Å²) in [4.78, 5) is 0. The van der Waals surface area contributed by atoms with Crippen molar-refractivity contribution < 1.29 is 4.42 Å². The van der Waals surface area contributed by atoms with Gasteiger partial charge in [0.05, 0.1) is 12.8 Å². The Balaban J connectivity index is 2.34. The third-order valence-electron chi connectivity index (χ3n) is 1.87. The van der Waals surface area contributed by atoms with Gasteiger partial charge in [-0.1, -0.05) is 5.92 Å². The molecule has 1 aromatic heterocycles. The number of nitrogens with one attached hydrogen (secondary N) is 1. The largest absolute Gasteiger partial charge is 0.469 e. The first-order valence-corrected chi connectivity index (χ1v) is 5.11. The first kappa shape index (κ1) is 11.2. The Hall–Kier alpha value is -0.910. The summed E-state index contributed by atoms with van der Waals surface area (Å²) >= 11 is 5.81. The molecule has 0 aliphatic rings. The Kier molecular flexibility index (Phi) is 5.21. The Morgan fingerprint density at radius 1 is 1.64 bits per heavy atom. The first-order valence-electron chi connectivity index (χ1n) is 4.58. The van der Waals surface area contributed by atoms with Gasteiger partial charge in [0.25, 0.3) is 0 Å². The van der Waals surface area contributed by atoms with Gasteiger partial charge in [0.1, 0.15) is 5.76 Å². The fraction of sp³-hybridized carbons (Fsp3) is 0.455. The SMILES string of the molecule is CC#CCNC(CCl)Cc1ccco1. The molecular formula is C11H14ClNO. The van der Waals surface area contributed by atoms with Gasteiger partial charge in [0.2, 0.25) is 0 Å². The second-order valence-electron chi connectivity index (χ2n) is 2.94. The number of alkyl halides is 1. The van der Waals surface area contributed by atoms with Crippen LogP contribution in [-0.2, 0) is 6.42 Å². The lowest BCUT2D eigenvalue weighted by atomic mass is 10.2. The summed E-state index contributed by atoms with van der Waals surface area (Å²) < 4.78 is 5.24. The molecule has 0 spiro atoms. The van der Waals surface area contributed by atoms with Crippen LogP contribution in [0.2, 0.25) is 0 Å². The summed E-state index contributed by atoms with van der Waals surface area (Å²) in [7, 11) is 0. The highest BCUT2D eigenvalue weighted by molar-refractivity contribution is 6.18. The van der Waals surface area contributed by atoms with Gasteiger partial charge in [-0.2, -0.15) is 0 Å². The van der Waals surface area contributed by atoms with Crippen LogP contribution in [0.15, 0.2) is 22.8 Å². The van der Waals surface area contributed by atoms with Crippen LogP contribution in [-0.4, -0.2) is 18.5 Å². The fourth-order valence-electron chi connectivity index (χ4n) is 1.14. The summed E-state index contributed by atoms with van der Waals surface area (Å²) in [6, 6.07) is 4.06. The van der Waals surface area contributed by atoms with Gasteiger partial charge in [-0.15, -0.1) is 17.5 Å². The molecule has 3 heteroatoms. The van der Waals surface area contributed by atoms with Crippen LogP contribution in [0.5, 0.6) is 0 Å². The number of furan rings is 1. The lowest BCUT2D eigenvalue weighted by molar-refractivity contribution is 0.469. The lowest BCUT2D eigenvalue weighted by Crippen LogP contribution is -2.32. The van der Waals surface area contributed by atoms with Gasteiger partial charge in [-0.05, 0) is 19.1 Å². The molecule has 0 fully saturated rings. The smallest absolute Gasteiger partial charge is 0.105 e. The van der Waals surface area contributed by atoms with Crippen LogP contribution < -0.4 is 5.32 Å². The van der Waals surface area contributed by atoms with Crippen molar-refractivity contribution in [1.82, 2.24) is 5.32 Å². The van der Waals surface area contributed by atoms with E-state index in [1.807, 2.05) is 19.1 Å². The van der Waals surface area contributed by atoms with Crippen LogP contribution >= 0.6 is 11.6 Å². The van der Waals surface area contributed by atoms with E-state index >= 15 is 0 Å². The van der Waals surface area contributed by atoms with E-state index in [0.717, 1.165) is 12.2 Å². The summed E-state index contributed by atoms with van der Waals surface area (Å²) in [5, 5.41) is 3.24. The van der Waals surface area contributed by atoms with E-state index in [2.05, 4.69) is 17.2 Å². The average molecular weight is 212 g/mol. The third kappa shape index (κ3) is 3.87. The Bertz CT molecular complexity index is 297. The molecule has 0 saturated carbocycles. The quantitative estimate of drug-likeness (QED) is 0.596. The molecule has 0 amide bonds. The van der Waals surface area contributed by atoms with Crippen LogP contribution in [0.1, 0.15) is 12.7 Å². The van der Waals surface area contributed by atoms with Crippen molar-refractivity contribution in [3.05, 3.63) is 24.2 Å². The molecule has 1 unspecified atom stereocenters. The van der Waals surface area contributed by atoms with Gasteiger partial charge in [0.15, 0.2) is 0 Å². The molecule has 1 heterocycles. The lowest BCUT2D eigenvalue weighted by Gasteiger charge is -2.11. The van der Waals surface area contributed by atoms with Gasteiger partial charge in [-0.25, -0.2) is 0 Å². The predicted octanol–water partition coefficient (Wildman–Crippen LogP) is 2.04. The Labute approximate surface area is 89.6 Å². The molecular weight excluding hydrogens is 198 g/mol. The first-order chi connectivity index (χ1) is 6.86. The van der Waals surface area contributed by atoms with E-state index in [4.69, 9.17) is 16.0 Å². The maximum atomic E-state index is 5.81. The molecule has 0 aliphatic carbocycles. The molecule has 76 valence electrons. The molecule has 1 N–H and O–H groups in total. The summed E-state index contributed by atoms with van der Waals surface area (Å²) in [6.07, 6.45) is 2.48. The molecule has 2 nitrogen and oxygen atoms in total. The van der Waals surface area contributed by atoms with E-state index in [1.165, 1.54) is 0 Å². The van der Waals surface area contributed by atoms with E-state index in [0.29, 0.717) is 12.4 Å². The highest BCUT2D eigenvalue weighted by Gasteiger charge is 2.08. The molecule has 14 heavy (non-hydrogen) atoms. The fourth-order valence-corrected chi connectivity index (χ4v) is 1.35. The van der Waals surface area contributed by atoms with E-state index in [-0.39, 0.29) is 6.04 Å². The standard InChI is InChI=1S/C11H14ClNO/c1-2-3-6-13-10(9-12)8-11-5-4-7-14-11/h4-5,7,10,13H,6,8-9H2,1H3. The highest BCUT2D eigenvalue weighted by atomic mass is 35.5. The Morgan fingerprint density at radius 2 is 2.50 bits per heavy atom. The topological polar surface area (TPSA) is 25.2 Å². The van der Waals surface area contributed by atoms with Gasteiger partial charge in [-0.3, -0.25) is 0 Å². The number of rotatable bonds is 5. The zero-order valence-corrected chi connectivity index (χ0v) is 8.97. The van der Waals surface area contributed by atoms with Crippen LogP contribution in [0.3, 0.4) is 0 Å². The molecule has 1 aromatic rings. The maximum Gasteiger partial charge on any atom is 0.105 e. The van der Waals surface area contributed by atoms with Crippen LogP contribution in [0, 0.1) is 11.8 Å². The van der Waals surface area contributed by atoms with Crippen molar-refractivity contribution in [2.75, 3.05) is 12.4 Å². The molecule has 0 bridgehead atoms. The minimum Gasteiger partial charge on any atom is -0.469 e. The molecule has 1 rings (SSSR count). The summed E-state index contributed by atoms with van der Waals surface area (Å²) in [6.45, 7) is 2.50. The van der Waals surface area contributed by atoms with Gasteiger partial charge >= 0.3 is 0 Å². The monoisotopic (exact) mass is 211 g/mol. The number of hydrogen-bond acceptors (Lipinski definition) is 2. The van der Waals surface area contributed by atoms with Crippen molar-refractivity contribution in [2.45, 2.75) is 19.4 Å². The molecule has 0 radical (unpaired) electrons. The van der Waals surface area contributed by atoms with Crippen molar-refractivity contribution in [3.63, 3.8) is 0 Å². The van der Waals surface area contributed by atoms with Crippen molar-refractivity contribution >= 4 is 11.6 Å². The van der Waals surface area contributed by atoms with Crippen molar-refractivity contribution in [1.29, 1.82) is 0 Å². The third-order valence-corrected chi connectivity index (χ3v) is 2.24. The van der Waals surface area contributed by atoms with Crippen LogP contribution in [0.4, 0.5) is 0 Å². The van der Waals surface area contributed by atoms with Crippen molar-refractivity contribution in [3.8, 4) is 11.8 Å². The average Bonchev–Trinajstić information content (AvgIpc) is 2.69. The molecule has 0 aliphatic heterocycles. The second-order valence-corrected chi connectivity index (χ2v) is 3.25. The van der Waals surface area contributed by atoms with Crippen LogP contribution in [0.25, 0.3) is 0 Å². The van der Waals surface area contributed by atoms with Crippen molar-refractivity contribution in [2.24, 2.45) is 0 Å². The zero-order valence-electron chi connectivity index (χ0n) is 8.22. The normalized spacial score (nSPS) is 11.9. The molecule has 0 aromatic carbocycles. The van der Waals surface area contributed by atoms with E-state index in [9.17, 15) is 0 Å². The molecule has 0 saturated heterocycles. The molecule has 1 atom stereocenters. The minimum absolute atomic E-state index is 0.226. The number of halogens is 1. The summed E-state index contributed by atoms with van der Waals surface area (Å²) in [5.74, 6) is 7.28. The predicted molar refractivity (Wildman–Crippen MR) is 58.4 cm³/mol. The summed E-state index contributed by atoms with van der Waals surface area (Å²) in [5.41, 5.74) is 0. The highest BCUT2D eigenvalue weighted by Crippen LogP contribution is 2.05. The van der Waals surface area contributed by atoms with Gasteiger partial charge in [0, 0.05) is 18.3 Å². The van der Waals surface area contributed by atoms with E-state index < -0.39 is 0 Å². The second kappa shape index (κ2) is 6.53. The zero-order chi connectivity index (χ0) is 10.2.